The molecule has 2 N–H and O–H groups in total. The summed E-state index contributed by atoms with van der Waals surface area (Å²) in [6.45, 7) is 5.20. The molecule has 1 aliphatic rings. The minimum absolute atomic E-state index is 0.115. The van der Waals surface area contributed by atoms with E-state index in [1.165, 1.54) is 6.42 Å². The maximum atomic E-state index is 12.0. The lowest BCUT2D eigenvalue weighted by Gasteiger charge is -2.23. The third-order valence-corrected chi connectivity index (χ3v) is 5.04. The molecule has 0 bridgehead atoms. The summed E-state index contributed by atoms with van der Waals surface area (Å²) in [4.78, 5) is 0.288. The molecule has 6 heteroatoms. The lowest BCUT2D eigenvalue weighted by molar-refractivity contribution is 0.0247. The Morgan fingerprint density at radius 3 is 2.52 bits per heavy atom. The molecule has 1 aromatic rings. The molecule has 1 heterocycles. The average molecular weight is 312 g/mol. The summed E-state index contributed by atoms with van der Waals surface area (Å²) in [5, 5.41) is 3.29. The van der Waals surface area contributed by atoms with E-state index < -0.39 is 10.0 Å². The summed E-state index contributed by atoms with van der Waals surface area (Å²) in [5.74, 6) is 0. The molecule has 2 rings (SSSR count). The third-order valence-electron chi connectivity index (χ3n) is 3.36. The molecule has 1 saturated heterocycles. The summed E-state index contributed by atoms with van der Waals surface area (Å²) in [6.07, 6.45) is 3.69. The van der Waals surface area contributed by atoms with E-state index in [9.17, 15) is 8.42 Å². The Bertz CT molecular complexity index is 535. The van der Waals surface area contributed by atoms with Gasteiger partial charge in [-0.3, -0.25) is 0 Å². The van der Waals surface area contributed by atoms with Crippen molar-refractivity contribution in [1.29, 1.82) is 0 Å². The van der Waals surface area contributed by atoms with E-state index in [0.717, 1.165) is 31.7 Å². The first-order valence-corrected chi connectivity index (χ1v) is 8.93. The maximum absolute atomic E-state index is 12.0. The predicted octanol–water partition coefficient (Wildman–Crippen LogP) is 2.35. The number of anilines is 1. The normalized spacial score (nSPS) is 19.7. The van der Waals surface area contributed by atoms with Gasteiger partial charge in [0.05, 0.1) is 11.0 Å². The van der Waals surface area contributed by atoms with E-state index in [-0.39, 0.29) is 17.0 Å². The van der Waals surface area contributed by atoms with E-state index >= 15 is 0 Å². The first kappa shape index (κ1) is 16.3. The van der Waals surface area contributed by atoms with Crippen molar-refractivity contribution in [3.05, 3.63) is 24.3 Å². The van der Waals surface area contributed by atoms with Gasteiger partial charge >= 0.3 is 0 Å². The van der Waals surface area contributed by atoms with Gasteiger partial charge in [-0.15, -0.1) is 0 Å². The van der Waals surface area contributed by atoms with E-state index in [4.69, 9.17) is 4.74 Å². The number of sulfonamides is 1. The van der Waals surface area contributed by atoms with E-state index in [1.54, 1.807) is 38.1 Å². The van der Waals surface area contributed by atoms with Crippen LogP contribution in [-0.4, -0.2) is 33.7 Å². The summed E-state index contributed by atoms with van der Waals surface area (Å²) < 4.78 is 32.2. The van der Waals surface area contributed by atoms with Crippen LogP contribution in [0.4, 0.5) is 5.69 Å². The SMILES string of the molecule is CC(C)NS(=O)(=O)c1ccc(NCC2CCCCO2)cc1. The fourth-order valence-corrected chi connectivity index (χ4v) is 3.58. The lowest BCUT2D eigenvalue weighted by atomic mass is 10.1. The maximum Gasteiger partial charge on any atom is 0.240 e. The van der Waals surface area contributed by atoms with E-state index in [2.05, 4.69) is 10.0 Å². The number of hydrogen-bond acceptors (Lipinski definition) is 4. The van der Waals surface area contributed by atoms with Gasteiger partial charge in [-0.1, -0.05) is 0 Å². The first-order valence-electron chi connectivity index (χ1n) is 7.45. The van der Waals surface area contributed by atoms with Crippen molar-refractivity contribution < 1.29 is 13.2 Å². The van der Waals surface area contributed by atoms with E-state index in [1.807, 2.05) is 0 Å². The van der Waals surface area contributed by atoms with Crippen molar-refractivity contribution in [1.82, 2.24) is 4.72 Å². The molecular weight excluding hydrogens is 288 g/mol. The highest BCUT2D eigenvalue weighted by molar-refractivity contribution is 7.89. The Hall–Kier alpha value is -1.11. The number of ether oxygens (including phenoxy) is 1. The van der Waals surface area contributed by atoms with Gasteiger partial charge in [0.2, 0.25) is 10.0 Å². The topological polar surface area (TPSA) is 67.4 Å². The van der Waals surface area contributed by atoms with Crippen LogP contribution >= 0.6 is 0 Å². The molecule has 0 aliphatic carbocycles. The van der Waals surface area contributed by atoms with Crippen LogP contribution in [0.5, 0.6) is 0 Å². The number of benzene rings is 1. The van der Waals surface area contributed by atoms with Crippen LogP contribution in [0.1, 0.15) is 33.1 Å². The van der Waals surface area contributed by atoms with Crippen LogP contribution in [0.25, 0.3) is 0 Å². The molecule has 1 aliphatic heterocycles. The first-order chi connectivity index (χ1) is 9.97. The minimum atomic E-state index is -3.41. The molecule has 0 amide bonds. The van der Waals surface area contributed by atoms with Crippen molar-refractivity contribution in [2.75, 3.05) is 18.5 Å². The molecule has 1 unspecified atom stereocenters. The van der Waals surface area contributed by atoms with Crippen molar-refractivity contribution >= 4 is 15.7 Å². The second-order valence-corrected chi connectivity index (χ2v) is 7.38. The zero-order chi connectivity index (χ0) is 15.3. The average Bonchev–Trinajstić information content (AvgIpc) is 2.45. The van der Waals surface area contributed by atoms with Crippen LogP contribution in [0.15, 0.2) is 29.2 Å². The minimum Gasteiger partial charge on any atom is -0.382 e. The van der Waals surface area contributed by atoms with Gasteiger partial charge < -0.3 is 10.1 Å². The van der Waals surface area contributed by atoms with Gasteiger partial charge in [0.15, 0.2) is 0 Å². The summed E-state index contributed by atoms with van der Waals surface area (Å²) in [5.41, 5.74) is 0.910. The molecule has 5 nitrogen and oxygen atoms in total. The molecule has 0 spiro atoms. The van der Waals surface area contributed by atoms with Crippen LogP contribution in [0, 0.1) is 0 Å². The largest absolute Gasteiger partial charge is 0.382 e. The molecule has 1 fully saturated rings. The highest BCUT2D eigenvalue weighted by Crippen LogP contribution is 2.17. The summed E-state index contributed by atoms with van der Waals surface area (Å²) in [6, 6.07) is 6.70. The second-order valence-electron chi connectivity index (χ2n) is 5.67. The Labute approximate surface area is 127 Å². The van der Waals surface area contributed by atoms with Crippen molar-refractivity contribution in [3.8, 4) is 0 Å². The molecule has 0 aromatic heterocycles. The monoisotopic (exact) mass is 312 g/mol. The van der Waals surface area contributed by atoms with Crippen molar-refractivity contribution in [3.63, 3.8) is 0 Å². The Balaban J connectivity index is 1.92. The molecular formula is C15H24N2O3S. The molecule has 0 saturated carbocycles. The van der Waals surface area contributed by atoms with Crippen molar-refractivity contribution in [2.45, 2.75) is 50.2 Å². The lowest BCUT2D eigenvalue weighted by Crippen LogP contribution is -2.30. The van der Waals surface area contributed by atoms with Crippen LogP contribution in [0.3, 0.4) is 0 Å². The highest BCUT2D eigenvalue weighted by atomic mass is 32.2. The zero-order valence-corrected chi connectivity index (χ0v) is 13.4. The quantitative estimate of drug-likeness (QED) is 0.846. The molecule has 118 valence electrons. The molecule has 0 radical (unpaired) electrons. The Morgan fingerprint density at radius 2 is 1.95 bits per heavy atom. The van der Waals surface area contributed by atoms with Crippen LogP contribution in [0.2, 0.25) is 0 Å². The number of nitrogens with one attached hydrogen (secondary N) is 2. The van der Waals surface area contributed by atoms with Crippen LogP contribution in [-0.2, 0) is 14.8 Å². The standard InChI is InChI=1S/C15H24N2O3S/c1-12(2)17-21(18,19)15-8-6-13(7-9-15)16-11-14-5-3-4-10-20-14/h6-9,12,14,16-17H,3-5,10-11H2,1-2H3. The number of hydrogen-bond donors (Lipinski definition) is 2. The van der Waals surface area contributed by atoms with Gasteiger partial charge in [0.25, 0.3) is 0 Å². The highest BCUT2D eigenvalue weighted by Gasteiger charge is 2.16. The van der Waals surface area contributed by atoms with Gasteiger partial charge in [-0.2, -0.15) is 0 Å². The third kappa shape index (κ3) is 4.98. The van der Waals surface area contributed by atoms with Gasteiger partial charge in [0, 0.05) is 24.9 Å². The zero-order valence-electron chi connectivity index (χ0n) is 12.6. The van der Waals surface area contributed by atoms with Gasteiger partial charge in [-0.05, 0) is 57.4 Å². The van der Waals surface area contributed by atoms with Gasteiger partial charge in [-0.25, -0.2) is 13.1 Å². The summed E-state index contributed by atoms with van der Waals surface area (Å²) >= 11 is 0. The fraction of sp³-hybridized carbons (Fsp3) is 0.600. The second kappa shape index (κ2) is 7.24. The van der Waals surface area contributed by atoms with Gasteiger partial charge in [0.1, 0.15) is 0 Å². The van der Waals surface area contributed by atoms with Crippen molar-refractivity contribution in [2.24, 2.45) is 0 Å². The predicted molar refractivity (Wildman–Crippen MR) is 84.0 cm³/mol. The van der Waals surface area contributed by atoms with Crippen LogP contribution < -0.4 is 10.0 Å². The Kier molecular flexibility index (Phi) is 5.61. The fourth-order valence-electron chi connectivity index (χ4n) is 2.33. The molecule has 1 aromatic carbocycles. The summed E-state index contributed by atoms with van der Waals surface area (Å²) in [7, 11) is -3.41. The number of rotatable bonds is 6. The molecule has 21 heavy (non-hydrogen) atoms. The molecule has 1 atom stereocenters. The smallest absolute Gasteiger partial charge is 0.240 e. The Morgan fingerprint density at radius 1 is 1.24 bits per heavy atom. The van der Waals surface area contributed by atoms with E-state index in [0.29, 0.717) is 0 Å².